The average Bonchev–Trinajstić information content (AvgIpc) is 2.83. The SMILES string of the molecule is COc1ccc(C(=O)Nc2c(-c3ccc(C)cc3)c(=O)c(C)nn2-c2ccccc2)cc1. The normalized spacial score (nSPS) is 10.6. The second-order valence-corrected chi connectivity index (χ2v) is 7.43. The number of para-hydroxylation sites is 1. The topological polar surface area (TPSA) is 73.2 Å². The zero-order valence-electron chi connectivity index (χ0n) is 18.1. The van der Waals surface area contributed by atoms with Gasteiger partial charge in [-0.3, -0.25) is 9.59 Å². The largest absolute Gasteiger partial charge is 0.497 e. The van der Waals surface area contributed by atoms with E-state index in [1.54, 1.807) is 43.0 Å². The van der Waals surface area contributed by atoms with Crippen molar-refractivity contribution in [3.05, 3.63) is 106 Å². The molecule has 1 N–H and O–H groups in total. The molecule has 1 amide bonds. The van der Waals surface area contributed by atoms with Crippen LogP contribution in [0.1, 0.15) is 21.6 Å². The van der Waals surface area contributed by atoms with Gasteiger partial charge in [-0.1, -0.05) is 48.0 Å². The summed E-state index contributed by atoms with van der Waals surface area (Å²) in [6.07, 6.45) is 0. The Bertz CT molecular complexity index is 1310. The van der Waals surface area contributed by atoms with Gasteiger partial charge in [0.05, 0.1) is 18.4 Å². The van der Waals surface area contributed by atoms with Gasteiger partial charge < -0.3 is 10.1 Å². The van der Waals surface area contributed by atoms with E-state index in [-0.39, 0.29) is 11.3 Å². The van der Waals surface area contributed by atoms with E-state index in [4.69, 9.17) is 4.74 Å². The third-order valence-electron chi connectivity index (χ3n) is 5.18. The first-order valence-electron chi connectivity index (χ1n) is 10.2. The van der Waals surface area contributed by atoms with E-state index < -0.39 is 0 Å². The minimum atomic E-state index is -0.351. The number of aryl methyl sites for hydroxylation is 2. The van der Waals surface area contributed by atoms with Gasteiger partial charge in [0.25, 0.3) is 5.91 Å². The molecule has 0 aliphatic heterocycles. The van der Waals surface area contributed by atoms with Crippen molar-refractivity contribution in [1.29, 1.82) is 0 Å². The lowest BCUT2D eigenvalue weighted by molar-refractivity contribution is 0.102. The quantitative estimate of drug-likeness (QED) is 0.500. The molecule has 0 aliphatic rings. The lowest BCUT2D eigenvalue weighted by atomic mass is 10.0. The summed E-state index contributed by atoms with van der Waals surface area (Å²) in [7, 11) is 1.57. The number of rotatable bonds is 5. The number of carbonyl (C=O) groups is 1. The molecule has 0 unspecified atom stereocenters. The van der Waals surface area contributed by atoms with Crippen molar-refractivity contribution in [2.24, 2.45) is 0 Å². The van der Waals surface area contributed by atoms with Crippen LogP contribution in [0, 0.1) is 13.8 Å². The molecule has 4 aromatic rings. The first-order chi connectivity index (χ1) is 15.5. The summed E-state index contributed by atoms with van der Waals surface area (Å²) in [5, 5.41) is 7.42. The van der Waals surface area contributed by atoms with E-state index in [9.17, 15) is 9.59 Å². The Kier molecular flexibility index (Phi) is 5.85. The first kappa shape index (κ1) is 21.1. The van der Waals surface area contributed by atoms with Crippen LogP contribution >= 0.6 is 0 Å². The number of aromatic nitrogens is 2. The van der Waals surface area contributed by atoms with Crippen LogP contribution in [0.4, 0.5) is 5.82 Å². The average molecular weight is 425 g/mol. The molecule has 1 heterocycles. The molecule has 160 valence electrons. The van der Waals surface area contributed by atoms with Gasteiger partial charge in [0.15, 0.2) is 0 Å². The Labute approximate surface area is 186 Å². The van der Waals surface area contributed by atoms with Gasteiger partial charge in [-0.15, -0.1) is 0 Å². The number of benzene rings is 3. The highest BCUT2D eigenvalue weighted by Crippen LogP contribution is 2.28. The Morgan fingerprint density at radius 3 is 2.19 bits per heavy atom. The molecule has 4 rings (SSSR count). The summed E-state index contributed by atoms with van der Waals surface area (Å²) in [4.78, 5) is 26.4. The Morgan fingerprint density at radius 2 is 1.56 bits per heavy atom. The lowest BCUT2D eigenvalue weighted by Crippen LogP contribution is -2.24. The van der Waals surface area contributed by atoms with Crippen LogP contribution in [0.5, 0.6) is 5.75 Å². The molecule has 32 heavy (non-hydrogen) atoms. The van der Waals surface area contributed by atoms with Crippen molar-refractivity contribution in [1.82, 2.24) is 9.78 Å². The number of ether oxygens (including phenoxy) is 1. The maximum absolute atomic E-state index is 13.2. The summed E-state index contributed by atoms with van der Waals surface area (Å²) in [5.41, 5.74) is 3.45. The zero-order valence-corrected chi connectivity index (χ0v) is 18.1. The van der Waals surface area contributed by atoms with Gasteiger partial charge in [-0.25, -0.2) is 4.68 Å². The van der Waals surface area contributed by atoms with Gasteiger partial charge in [0.2, 0.25) is 5.43 Å². The van der Waals surface area contributed by atoms with E-state index in [0.717, 1.165) is 11.3 Å². The summed E-state index contributed by atoms with van der Waals surface area (Å²) < 4.78 is 6.78. The second kappa shape index (κ2) is 8.89. The number of nitrogens with zero attached hydrogens (tertiary/aromatic N) is 2. The number of hydrogen-bond donors (Lipinski definition) is 1. The van der Waals surface area contributed by atoms with E-state index >= 15 is 0 Å². The predicted octanol–water partition coefficient (Wildman–Crippen LogP) is 4.78. The van der Waals surface area contributed by atoms with E-state index in [1.807, 2.05) is 61.5 Å². The van der Waals surface area contributed by atoms with Crippen LogP contribution in [-0.2, 0) is 0 Å². The maximum Gasteiger partial charge on any atom is 0.256 e. The standard InChI is InChI=1S/C26H23N3O3/c1-17-9-11-19(12-10-17)23-24(30)18(2)28-29(21-7-5-4-6-8-21)25(23)27-26(31)20-13-15-22(32-3)16-14-20/h4-16H,1-3H3,(H,27,31). The minimum absolute atomic E-state index is 0.230. The summed E-state index contributed by atoms with van der Waals surface area (Å²) in [6.45, 7) is 3.66. The molecule has 6 nitrogen and oxygen atoms in total. The van der Waals surface area contributed by atoms with Crippen LogP contribution in [0.3, 0.4) is 0 Å². The van der Waals surface area contributed by atoms with Gasteiger partial charge in [-0.05, 0) is 55.8 Å². The van der Waals surface area contributed by atoms with E-state index in [2.05, 4.69) is 10.4 Å². The van der Waals surface area contributed by atoms with Crippen molar-refractivity contribution in [2.75, 3.05) is 12.4 Å². The van der Waals surface area contributed by atoms with Gasteiger partial charge >= 0.3 is 0 Å². The predicted molar refractivity (Wildman–Crippen MR) is 126 cm³/mol. The molecular formula is C26H23N3O3. The third-order valence-corrected chi connectivity index (χ3v) is 5.18. The lowest BCUT2D eigenvalue weighted by Gasteiger charge is -2.18. The number of hydrogen-bond acceptors (Lipinski definition) is 4. The molecule has 0 radical (unpaired) electrons. The molecule has 0 atom stereocenters. The van der Waals surface area contributed by atoms with Gasteiger partial charge in [0.1, 0.15) is 17.3 Å². The van der Waals surface area contributed by atoms with Crippen LogP contribution in [0.25, 0.3) is 16.8 Å². The number of methoxy groups -OCH3 is 1. The zero-order chi connectivity index (χ0) is 22.7. The molecular weight excluding hydrogens is 402 g/mol. The van der Waals surface area contributed by atoms with Crippen molar-refractivity contribution in [3.8, 4) is 22.6 Å². The second-order valence-electron chi connectivity index (χ2n) is 7.43. The van der Waals surface area contributed by atoms with Crippen LogP contribution < -0.4 is 15.5 Å². The highest BCUT2D eigenvalue weighted by Gasteiger charge is 2.21. The molecule has 3 aromatic carbocycles. The molecule has 0 fully saturated rings. The van der Waals surface area contributed by atoms with E-state index in [0.29, 0.717) is 34.0 Å². The highest BCUT2D eigenvalue weighted by molar-refractivity contribution is 6.05. The monoisotopic (exact) mass is 425 g/mol. The fraction of sp³-hybridized carbons (Fsp3) is 0.115. The molecule has 6 heteroatoms. The van der Waals surface area contributed by atoms with Crippen LogP contribution in [-0.4, -0.2) is 22.8 Å². The number of carbonyl (C=O) groups excluding carboxylic acids is 1. The minimum Gasteiger partial charge on any atom is -0.497 e. The fourth-order valence-corrected chi connectivity index (χ4v) is 3.42. The molecule has 1 aromatic heterocycles. The molecule has 0 saturated heterocycles. The Balaban J connectivity index is 1.91. The maximum atomic E-state index is 13.2. The van der Waals surface area contributed by atoms with Crippen molar-refractivity contribution in [3.63, 3.8) is 0 Å². The molecule has 0 aliphatic carbocycles. The third kappa shape index (κ3) is 4.16. The molecule has 0 saturated carbocycles. The Hall–Kier alpha value is -4.19. The fourth-order valence-electron chi connectivity index (χ4n) is 3.42. The van der Waals surface area contributed by atoms with Gasteiger partial charge in [0, 0.05) is 5.56 Å². The Morgan fingerprint density at radius 1 is 0.906 bits per heavy atom. The highest BCUT2D eigenvalue weighted by atomic mass is 16.5. The van der Waals surface area contributed by atoms with Crippen LogP contribution in [0.2, 0.25) is 0 Å². The van der Waals surface area contributed by atoms with E-state index in [1.165, 1.54) is 0 Å². The summed E-state index contributed by atoms with van der Waals surface area (Å²) in [6, 6.07) is 23.8. The molecule has 0 bridgehead atoms. The summed E-state index contributed by atoms with van der Waals surface area (Å²) in [5.74, 6) is 0.618. The van der Waals surface area contributed by atoms with Crippen molar-refractivity contribution < 1.29 is 9.53 Å². The first-order valence-corrected chi connectivity index (χ1v) is 10.2. The van der Waals surface area contributed by atoms with Gasteiger partial charge in [-0.2, -0.15) is 5.10 Å². The number of anilines is 1. The molecule has 0 spiro atoms. The van der Waals surface area contributed by atoms with Crippen LogP contribution in [0.15, 0.2) is 83.7 Å². The van der Waals surface area contributed by atoms with Crippen molar-refractivity contribution in [2.45, 2.75) is 13.8 Å². The number of amides is 1. The smallest absolute Gasteiger partial charge is 0.256 e. The summed E-state index contributed by atoms with van der Waals surface area (Å²) >= 11 is 0. The number of nitrogens with one attached hydrogen (secondary N) is 1. The van der Waals surface area contributed by atoms with Crippen molar-refractivity contribution >= 4 is 11.7 Å².